The molecule has 1 heterocycles. The molecule has 2 aromatic carbocycles. The molecule has 0 fully saturated rings. The molecule has 0 aliphatic heterocycles. The molecule has 1 unspecified atom stereocenters. The van der Waals surface area contributed by atoms with Crippen LogP contribution in [0.15, 0.2) is 54.9 Å². The van der Waals surface area contributed by atoms with Crippen molar-refractivity contribution in [1.82, 2.24) is 14.9 Å². The lowest BCUT2D eigenvalue weighted by Crippen LogP contribution is -2.46. The van der Waals surface area contributed by atoms with Crippen molar-refractivity contribution >= 4 is 17.3 Å². The van der Waals surface area contributed by atoms with Gasteiger partial charge in [0.05, 0.1) is 11.3 Å². The summed E-state index contributed by atoms with van der Waals surface area (Å²) in [5.41, 5.74) is 0.543. The number of carbonyl (C=O) groups is 1. The molecule has 0 spiro atoms. The van der Waals surface area contributed by atoms with E-state index < -0.39 is 36.5 Å². The molecule has 32 heavy (non-hydrogen) atoms. The third kappa shape index (κ3) is 4.62. The number of hydrogen-bond donors (Lipinski definition) is 3. The Morgan fingerprint density at radius 2 is 1.78 bits per heavy atom. The lowest BCUT2D eigenvalue weighted by atomic mass is 9.97. The molecule has 3 rings (SSSR count). The van der Waals surface area contributed by atoms with Gasteiger partial charge in [-0.05, 0) is 43.2 Å². The van der Waals surface area contributed by atoms with Crippen molar-refractivity contribution in [2.75, 3.05) is 11.9 Å². The van der Waals surface area contributed by atoms with Crippen molar-refractivity contribution in [2.45, 2.75) is 32.0 Å². The van der Waals surface area contributed by atoms with E-state index in [1.165, 1.54) is 19.4 Å². The SMILES string of the molecule is Cc1cccc(Nc2ccccc2C(=O)NCCC(O)(c2nccn2C)C(F)(F)F)c1C. The standard InChI is InChI=1S/C23H25F3N4O2/c1-15-7-6-10-18(16(15)2)29-19-9-5-4-8-17(19)20(31)27-12-11-22(32,23(24,25)26)21-28-13-14-30(21)3/h4-10,13-14,29,32H,11-12H2,1-3H3,(H,27,31). The smallest absolute Gasteiger partial charge is 0.374 e. The lowest BCUT2D eigenvalue weighted by molar-refractivity contribution is -0.272. The Bertz CT molecular complexity index is 1110. The summed E-state index contributed by atoms with van der Waals surface area (Å²) in [6.45, 7) is 3.53. The Labute approximate surface area is 184 Å². The fourth-order valence-electron chi connectivity index (χ4n) is 3.42. The van der Waals surface area contributed by atoms with E-state index in [-0.39, 0.29) is 5.56 Å². The van der Waals surface area contributed by atoms with Gasteiger partial charge in [0.25, 0.3) is 5.91 Å². The molecule has 3 N–H and O–H groups in total. The number of nitrogens with one attached hydrogen (secondary N) is 2. The molecule has 0 bridgehead atoms. The third-order valence-electron chi connectivity index (χ3n) is 5.48. The first-order chi connectivity index (χ1) is 15.0. The molecule has 1 amide bonds. The Balaban J connectivity index is 1.75. The molecule has 3 aromatic rings. The number of amides is 1. The average molecular weight is 446 g/mol. The van der Waals surface area contributed by atoms with Crippen LogP contribution in [0.5, 0.6) is 0 Å². The van der Waals surface area contributed by atoms with Crippen LogP contribution in [-0.2, 0) is 12.6 Å². The molecule has 0 aliphatic rings. The Kier molecular flexibility index (Phi) is 6.59. The summed E-state index contributed by atoms with van der Waals surface area (Å²) in [7, 11) is 1.37. The molecule has 1 atom stereocenters. The van der Waals surface area contributed by atoms with E-state index in [1.54, 1.807) is 24.3 Å². The first kappa shape index (κ1) is 23.3. The van der Waals surface area contributed by atoms with E-state index >= 15 is 0 Å². The number of rotatable bonds is 7. The monoisotopic (exact) mass is 446 g/mol. The zero-order valence-corrected chi connectivity index (χ0v) is 18.0. The molecule has 0 saturated heterocycles. The van der Waals surface area contributed by atoms with E-state index in [9.17, 15) is 23.1 Å². The van der Waals surface area contributed by atoms with Crippen LogP contribution in [0.2, 0.25) is 0 Å². The summed E-state index contributed by atoms with van der Waals surface area (Å²) in [5, 5.41) is 16.1. The first-order valence-corrected chi connectivity index (χ1v) is 10.0. The van der Waals surface area contributed by atoms with Crippen LogP contribution in [-0.4, -0.2) is 33.3 Å². The maximum Gasteiger partial charge on any atom is 0.424 e. The van der Waals surface area contributed by atoms with Crippen LogP contribution >= 0.6 is 0 Å². The molecule has 1 aromatic heterocycles. The second-order valence-electron chi connectivity index (χ2n) is 7.64. The van der Waals surface area contributed by atoms with Gasteiger partial charge in [0, 0.05) is 38.1 Å². The highest BCUT2D eigenvalue weighted by atomic mass is 19.4. The largest absolute Gasteiger partial charge is 0.424 e. The zero-order chi connectivity index (χ0) is 23.5. The maximum atomic E-state index is 13.6. The van der Waals surface area contributed by atoms with Gasteiger partial charge in [0.1, 0.15) is 5.82 Å². The number of nitrogens with zero attached hydrogens (tertiary/aromatic N) is 2. The van der Waals surface area contributed by atoms with E-state index in [2.05, 4.69) is 15.6 Å². The van der Waals surface area contributed by atoms with Crippen molar-refractivity contribution in [3.8, 4) is 0 Å². The normalized spacial score (nSPS) is 13.5. The Hall–Kier alpha value is -3.33. The number of anilines is 2. The number of hydrogen-bond acceptors (Lipinski definition) is 4. The van der Waals surface area contributed by atoms with Crippen molar-refractivity contribution < 1.29 is 23.1 Å². The van der Waals surface area contributed by atoms with Crippen molar-refractivity contribution in [2.24, 2.45) is 7.05 Å². The highest BCUT2D eigenvalue weighted by Gasteiger charge is 2.57. The predicted molar refractivity (Wildman–Crippen MR) is 116 cm³/mol. The maximum absolute atomic E-state index is 13.6. The van der Waals surface area contributed by atoms with Gasteiger partial charge in [-0.2, -0.15) is 13.2 Å². The molecule has 9 heteroatoms. The number of aromatic nitrogens is 2. The van der Waals surface area contributed by atoms with Crippen LogP contribution < -0.4 is 10.6 Å². The predicted octanol–water partition coefficient (Wildman–Crippen LogP) is 4.35. The van der Waals surface area contributed by atoms with Crippen LogP contribution in [0.3, 0.4) is 0 Å². The summed E-state index contributed by atoms with van der Waals surface area (Å²) >= 11 is 0. The van der Waals surface area contributed by atoms with E-state index in [1.807, 2.05) is 32.0 Å². The van der Waals surface area contributed by atoms with Crippen molar-refractivity contribution in [1.29, 1.82) is 0 Å². The number of halogens is 3. The number of benzene rings is 2. The minimum atomic E-state index is -4.96. The molecule has 170 valence electrons. The van der Waals surface area contributed by atoms with E-state index in [4.69, 9.17) is 0 Å². The van der Waals surface area contributed by atoms with Gasteiger partial charge < -0.3 is 20.3 Å². The van der Waals surface area contributed by atoms with Crippen LogP contribution in [0.4, 0.5) is 24.5 Å². The quantitative estimate of drug-likeness (QED) is 0.504. The summed E-state index contributed by atoms with van der Waals surface area (Å²) in [6.07, 6.45) is -3.24. The highest BCUT2D eigenvalue weighted by molar-refractivity contribution is 6.00. The molecular formula is C23H25F3N4O2. The Morgan fingerprint density at radius 1 is 1.09 bits per heavy atom. The van der Waals surface area contributed by atoms with Crippen LogP contribution in [0, 0.1) is 13.8 Å². The van der Waals surface area contributed by atoms with E-state index in [0.717, 1.165) is 21.4 Å². The topological polar surface area (TPSA) is 79.2 Å². The fourth-order valence-corrected chi connectivity index (χ4v) is 3.42. The van der Waals surface area contributed by atoms with Gasteiger partial charge in [-0.15, -0.1) is 0 Å². The van der Waals surface area contributed by atoms with Crippen molar-refractivity contribution in [3.05, 3.63) is 77.4 Å². The number of para-hydroxylation sites is 1. The summed E-state index contributed by atoms with van der Waals surface area (Å²) < 4.78 is 42.0. The molecule has 0 saturated carbocycles. The third-order valence-corrected chi connectivity index (χ3v) is 5.48. The number of aryl methyl sites for hydroxylation is 2. The second-order valence-corrected chi connectivity index (χ2v) is 7.64. The number of carbonyl (C=O) groups excluding carboxylic acids is 1. The first-order valence-electron chi connectivity index (χ1n) is 10.0. The minimum absolute atomic E-state index is 0.279. The fraction of sp³-hybridized carbons (Fsp3) is 0.304. The molecular weight excluding hydrogens is 421 g/mol. The van der Waals surface area contributed by atoms with Crippen molar-refractivity contribution in [3.63, 3.8) is 0 Å². The summed E-state index contributed by atoms with van der Waals surface area (Å²) in [4.78, 5) is 16.4. The Morgan fingerprint density at radius 3 is 2.44 bits per heavy atom. The van der Waals surface area contributed by atoms with E-state index in [0.29, 0.717) is 5.69 Å². The van der Waals surface area contributed by atoms with Crippen LogP contribution in [0.25, 0.3) is 0 Å². The minimum Gasteiger partial charge on any atom is -0.374 e. The van der Waals surface area contributed by atoms with Gasteiger partial charge in [-0.3, -0.25) is 4.79 Å². The van der Waals surface area contributed by atoms with Gasteiger partial charge in [0.2, 0.25) is 5.60 Å². The average Bonchev–Trinajstić information content (AvgIpc) is 3.17. The number of aliphatic hydroxyl groups is 1. The molecule has 6 nitrogen and oxygen atoms in total. The van der Waals surface area contributed by atoms with Gasteiger partial charge in [-0.1, -0.05) is 24.3 Å². The summed E-state index contributed by atoms with van der Waals surface area (Å²) in [5.74, 6) is -1.08. The van der Waals surface area contributed by atoms with Gasteiger partial charge in [0.15, 0.2) is 0 Å². The van der Waals surface area contributed by atoms with Gasteiger partial charge in [-0.25, -0.2) is 4.98 Å². The molecule has 0 aliphatic carbocycles. The summed E-state index contributed by atoms with van der Waals surface area (Å²) in [6, 6.07) is 12.5. The number of imidazole rings is 1. The highest BCUT2D eigenvalue weighted by Crippen LogP contribution is 2.40. The second kappa shape index (κ2) is 9.04. The lowest BCUT2D eigenvalue weighted by Gasteiger charge is -2.30. The zero-order valence-electron chi connectivity index (χ0n) is 18.0. The number of alkyl halides is 3. The molecule has 0 radical (unpaired) electrons. The van der Waals surface area contributed by atoms with Crippen LogP contribution in [0.1, 0.15) is 33.7 Å². The van der Waals surface area contributed by atoms with Gasteiger partial charge >= 0.3 is 6.18 Å².